The lowest BCUT2D eigenvalue weighted by Gasteiger charge is -2.36. The van der Waals surface area contributed by atoms with Crippen molar-refractivity contribution in [3.8, 4) is 0 Å². The maximum atomic E-state index is 11.6. The van der Waals surface area contributed by atoms with Gasteiger partial charge >= 0.3 is 14.5 Å². The number of hydrogen-bond acceptors (Lipinski definition) is 4. The van der Waals surface area contributed by atoms with Gasteiger partial charge < -0.3 is 13.6 Å². The number of rotatable bonds is 12. The first-order chi connectivity index (χ1) is 9.60. The summed E-state index contributed by atoms with van der Waals surface area (Å²) >= 11 is 0. The molecular formula is C15H30O4Si. The number of carbonyl (C=O) groups is 1. The Kier molecular flexibility index (Phi) is 10.7. The number of ether oxygens (including phenoxy) is 1. The number of unbranched alkanes of at least 4 members (excludes halogenated alkanes) is 1. The minimum absolute atomic E-state index is 0.257. The third-order valence-electron chi connectivity index (χ3n) is 3.11. The van der Waals surface area contributed by atoms with Gasteiger partial charge in [-0.15, -0.1) is 0 Å². The van der Waals surface area contributed by atoms with Crippen molar-refractivity contribution in [3.05, 3.63) is 12.7 Å². The van der Waals surface area contributed by atoms with Gasteiger partial charge in [0.2, 0.25) is 0 Å². The van der Waals surface area contributed by atoms with E-state index in [1.807, 2.05) is 13.8 Å². The lowest BCUT2D eigenvalue weighted by molar-refractivity contribution is -0.141. The summed E-state index contributed by atoms with van der Waals surface area (Å²) in [5, 5.41) is 0. The van der Waals surface area contributed by atoms with Crippen LogP contribution in [0.25, 0.3) is 0 Å². The van der Waals surface area contributed by atoms with Crippen LogP contribution in [0.5, 0.6) is 0 Å². The molecular weight excluding hydrogens is 272 g/mol. The van der Waals surface area contributed by atoms with Crippen molar-refractivity contribution >= 4 is 14.5 Å². The summed E-state index contributed by atoms with van der Waals surface area (Å²) in [6.45, 7) is 12.8. The smallest absolute Gasteiger partial charge is 0.380 e. The van der Waals surface area contributed by atoms with E-state index in [1.54, 1.807) is 0 Å². The van der Waals surface area contributed by atoms with Crippen LogP contribution in [-0.2, 0) is 18.4 Å². The van der Waals surface area contributed by atoms with E-state index in [1.165, 1.54) is 6.08 Å². The fraction of sp³-hybridized carbons (Fsp3) is 0.800. The molecule has 0 bridgehead atoms. The molecule has 0 rings (SSSR count). The molecule has 0 saturated carbocycles. The Bertz CT molecular complexity index is 264. The Balaban J connectivity index is 5.19. The Hall–Kier alpha value is -0.653. The van der Waals surface area contributed by atoms with Crippen molar-refractivity contribution in [2.24, 2.45) is 0 Å². The number of esters is 1. The standard InChI is InChI=1S/C15H30O4Si/c1-6-11-12-15(19-14(16)8-3)20(13-7-2,17-9-4)18-10-5/h8,15H,3,6-7,9-13H2,1-2,4-5H3. The summed E-state index contributed by atoms with van der Waals surface area (Å²) in [7, 11) is -2.53. The molecule has 0 aliphatic carbocycles. The predicted octanol–water partition coefficient (Wildman–Crippen LogP) is 3.74. The molecule has 0 aromatic rings. The summed E-state index contributed by atoms with van der Waals surface area (Å²) in [6.07, 6.45) is 5.01. The molecule has 0 saturated heterocycles. The summed E-state index contributed by atoms with van der Waals surface area (Å²) in [6, 6.07) is 0.841. The second kappa shape index (κ2) is 11.1. The van der Waals surface area contributed by atoms with Crippen molar-refractivity contribution in [3.63, 3.8) is 0 Å². The average molecular weight is 302 g/mol. The quantitative estimate of drug-likeness (QED) is 0.313. The van der Waals surface area contributed by atoms with Gasteiger partial charge in [0.1, 0.15) is 5.73 Å². The average Bonchev–Trinajstić information content (AvgIpc) is 2.43. The topological polar surface area (TPSA) is 44.8 Å². The number of carbonyl (C=O) groups excluding carboxylic acids is 1. The van der Waals surface area contributed by atoms with E-state index < -0.39 is 14.5 Å². The first-order valence-corrected chi connectivity index (χ1v) is 9.81. The van der Waals surface area contributed by atoms with Crippen molar-refractivity contribution in [2.75, 3.05) is 13.2 Å². The highest BCUT2D eigenvalue weighted by atomic mass is 28.4. The first kappa shape index (κ1) is 19.3. The third kappa shape index (κ3) is 6.20. The van der Waals surface area contributed by atoms with Crippen LogP contribution < -0.4 is 0 Å². The Morgan fingerprint density at radius 2 is 1.75 bits per heavy atom. The Morgan fingerprint density at radius 1 is 1.15 bits per heavy atom. The van der Waals surface area contributed by atoms with Crippen LogP contribution in [-0.4, -0.2) is 33.5 Å². The normalized spacial score (nSPS) is 13.0. The van der Waals surface area contributed by atoms with Crippen LogP contribution in [0.2, 0.25) is 6.04 Å². The van der Waals surface area contributed by atoms with Crippen LogP contribution in [0.15, 0.2) is 12.7 Å². The summed E-state index contributed by atoms with van der Waals surface area (Å²) in [4.78, 5) is 11.6. The van der Waals surface area contributed by atoms with Crippen LogP contribution in [0.3, 0.4) is 0 Å². The maximum Gasteiger partial charge on any atom is 0.380 e. The van der Waals surface area contributed by atoms with E-state index >= 15 is 0 Å². The molecule has 1 atom stereocenters. The molecule has 1 unspecified atom stereocenters. The molecule has 0 aliphatic heterocycles. The van der Waals surface area contributed by atoms with Gasteiger partial charge in [-0.2, -0.15) is 0 Å². The second-order valence-electron chi connectivity index (χ2n) is 4.70. The lowest BCUT2D eigenvalue weighted by atomic mass is 10.3. The van der Waals surface area contributed by atoms with Gasteiger partial charge in [-0.3, -0.25) is 0 Å². The minimum atomic E-state index is -2.53. The highest BCUT2D eigenvalue weighted by Crippen LogP contribution is 2.26. The summed E-state index contributed by atoms with van der Waals surface area (Å²) < 4.78 is 17.6. The molecule has 118 valence electrons. The van der Waals surface area contributed by atoms with Crippen molar-refractivity contribution < 1.29 is 18.4 Å². The van der Waals surface area contributed by atoms with Crippen molar-refractivity contribution in [1.29, 1.82) is 0 Å². The number of hydrogen-bond donors (Lipinski definition) is 0. The van der Waals surface area contributed by atoms with E-state index in [0.717, 1.165) is 31.7 Å². The van der Waals surface area contributed by atoms with Crippen LogP contribution in [0, 0.1) is 0 Å². The monoisotopic (exact) mass is 302 g/mol. The molecule has 0 radical (unpaired) electrons. The molecule has 4 nitrogen and oxygen atoms in total. The van der Waals surface area contributed by atoms with E-state index in [2.05, 4.69) is 20.4 Å². The van der Waals surface area contributed by atoms with Gasteiger partial charge in [-0.1, -0.05) is 39.7 Å². The van der Waals surface area contributed by atoms with Crippen molar-refractivity contribution in [2.45, 2.75) is 65.1 Å². The fourth-order valence-corrected chi connectivity index (χ4v) is 6.00. The van der Waals surface area contributed by atoms with Gasteiger partial charge in [0.25, 0.3) is 0 Å². The molecule has 0 aromatic carbocycles. The first-order valence-electron chi connectivity index (χ1n) is 7.71. The Labute approximate surface area is 124 Å². The van der Waals surface area contributed by atoms with Gasteiger partial charge in [0, 0.05) is 19.3 Å². The van der Waals surface area contributed by atoms with Crippen molar-refractivity contribution in [1.82, 2.24) is 0 Å². The fourth-order valence-electron chi connectivity index (χ4n) is 2.32. The zero-order chi connectivity index (χ0) is 15.4. The SMILES string of the molecule is C=CC(=O)OC(CCCC)[Si](CCC)(OCC)OCC. The molecule has 0 aliphatic rings. The van der Waals surface area contributed by atoms with Gasteiger partial charge in [-0.05, 0) is 26.3 Å². The maximum absolute atomic E-state index is 11.6. The molecule has 0 N–H and O–H groups in total. The molecule has 0 amide bonds. The second-order valence-corrected chi connectivity index (χ2v) is 8.04. The minimum Gasteiger partial charge on any atom is -0.457 e. The Morgan fingerprint density at radius 3 is 2.15 bits per heavy atom. The van der Waals surface area contributed by atoms with Crippen LogP contribution >= 0.6 is 0 Å². The zero-order valence-corrected chi connectivity index (χ0v) is 14.4. The van der Waals surface area contributed by atoms with Gasteiger partial charge in [0.05, 0.1) is 0 Å². The highest BCUT2D eigenvalue weighted by molar-refractivity contribution is 6.69. The summed E-state index contributed by atoms with van der Waals surface area (Å²) in [5.41, 5.74) is -0.257. The predicted molar refractivity (Wildman–Crippen MR) is 83.7 cm³/mol. The molecule has 0 aromatic heterocycles. The van der Waals surface area contributed by atoms with Crippen LogP contribution in [0.4, 0.5) is 0 Å². The lowest BCUT2D eigenvalue weighted by Crippen LogP contribution is -2.55. The molecule has 20 heavy (non-hydrogen) atoms. The molecule has 0 fully saturated rings. The zero-order valence-electron chi connectivity index (χ0n) is 13.4. The molecule has 0 heterocycles. The molecule has 5 heteroatoms. The molecule has 0 spiro atoms. The largest absolute Gasteiger partial charge is 0.457 e. The van der Waals surface area contributed by atoms with E-state index in [-0.39, 0.29) is 5.73 Å². The van der Waals surface area contributed by atoms with Gasteiger partial charge in [-0.25, -0.2) is 4.79 Å². The van der Waals surface area contributed by atoms with E-state index in [4.69, 9.17) is 13.6 Å². The van der Waals surface area contributed by atoms with Crippen LogP contribution in [0.1, 0.15) is 53.4 Å². The third-order valence-corrected chi connectivity index (χ3v) is 7.25. The highest BCUT2D eigenvalue weighted by Gasteiger charge is 2.47. The van der Waals surface area contributed by atoms with E-state index in [9.17, 15) is 4.79 Å². The van der Waals surface area contributed by atoms with E-state index in [0.29, 0.717) is 13.2 Å². The van der Waals surface area contributed by atoms with Gasteiger partial charge in [0.15, 0.2) is 0 Å². The summed E-state index contributed by atoms with van der Waals surface area (Å²) in [5.74, 6) is -0.390.